The predicted octanol–water partition coefficient (Wildman–Crippen LogP) is 1.07. The van der Waals surface area contributed by atoms with E-state index in [9.17, 15) is 22.8 Å². The lowest BCUT2D eigenvalue weighted by Gasteiger charge is -2.46. The van der Waals surface area contributed by atoms with E-state index < -0.39 is 21.5 Å². The Morgan fingerprint density at radius 2 is 1.73 bits per heavy atom. The zero-order chi connectivity index (χ0) is 22.1. The minimum atomic E-state index is -3.66. The van der Waals surface area contributed by atoms with Crippen molar-refractivity contribution in [3.8, 4) is 0 Å². The monoisotopic (exact) mass is 436 g/mol. The van der Waals surface area contributed by atoms with Crippen molar-refractivity contribution in [3.63, 3.8) is 0 Å². The number of piperazine rings is 1. The molecule has 1 saturated carbocycles. The summed E-state index contributed by atoms with van der Waals surface area (Å²) >= 11 is 0. The van der Waals surface area contributed by atoms with Crippen molar-refractivity contribution in [1.82, 2.24) is 9.62 Å². The van der Waals surface area contributed by atoms with E-state index in [2.05, 4.69) is 10.6 Å². The summed E-state index contributed by atoms with van der Waals surface area (Å²) in [4.78, 5) is 39.0. The molecule has 1 aliphatic heterocycles. The molecule has 2 aliphatic rings. The molecule has 0 bridgehead atoms. The molecular formula is C20H28N4O5S. The molecule has 10 heteroatoms. The average molecular weight is 437 g/mol. The zero-order valence-electron chi connectivity index (χ0n) is 17.5. The smallest absolute Gasteiger partial charge is 0.247 e. The molecule has 0 radical (unpaired) electrons. The summed E-state index contributed by atoms with van der Waals surface area (Å²) in [6.45, 7) is 2.52. The molecular weight excluding hydrogens is 408 g/mol. The van der Waals surface area contributed by atoms with Crippen LogP contribution in [-0.2, 0) is 24.4 Å². The van der Waals surface area contributed by atoms with Crippen LogP contribution in [0.3, 0.4) is 0 Å². The quantitative estimate of drug-likeness (QED) is 0.716. The van der Waals surface area contributed by atoms with Crippen LogP contribution in [0.2, 0.25) is 0 Å². The number of amides is 3. The lowest BCUT2D eigenvalue weighted by Crippen LogP contribution is -2.70. The Morgan fingerprint density at radius 3 is 2.27 bits per heavy atom. The number of nitrogens with one attached hydrogen (secondary N) is 2. The number of sulfonamides is 1. The normalized spacial score (nSPS) is 23.4. The van der Waals surface area contributed by atoms with Crippen molar-refractivity contribution in [3.05, 3.63) is 24.3 Å². The van der Waals surface area contributed by atoms with E-state index in [1.165, 1.54) is 11.8 Å². The topological polar surface area (TPSA) is 116 Å². The van der Waals surface area contributed by atoms with Crippen LogP contribution in [0.1, 0.15) is 39.5 Å². The summed E-state index contributed by atoms with van der Waals surface area (Å²) in [5, 5.41) is 5.66. The molecule has 1 aliphatic carbocycles. The fourth-order valence-electron chi connectivity index (χ4n) is 4.11. The number of carbonyl (C=O) groups excluding carboxylic acids is 3. The van der Waals surface area contributed by atoms with Crippen LogP contribution in [0.15, 0.2) is 24.3 Å². The first-order valence-electron chi connectivity index (χ1n) is 9.97. The maximum absolute atomic E-state index is 13.3. The van der Waals surface area contributed by atoms with E-state index in [4.69, 9.17) is 0 Å². The summed E-state index contributed by atoms with van der Waals surface area (Å²) < 4.78 is 25.4. The molecule has 3 amide bonds. The molecule has 9 nitrogen and oxygen atoms in total. The largest absolute Gasteiger partial charge is 0.351 e. The first-order chi connectivity index (χ1) is 14.0. The second-order valence-corrected chi connectivity index (χ2v) is 10.2. The Bertz CT molecular complexity index is 940. The highest BCUT2D eigenvalue weighted by Gasteiger charge is 2.50. The van der Waals surface area contributed by atoms with Gasteiger partial charge in [0.25, 0.3) is 0 Å². The van der Waals surface area contributed by atoms with Gasteiger partial charge in [-0.15, -0.1) is 0 Å². The lowest BCUT2D eigenvalue weighted by molar-refractivity contribution is -0.133. The fourth-order valence-corrected chi connectivity index (χ4v) is 4.94. The van der Waals surface area contributed by atoms with Crippen LogP contribution in [0.5, 0.6) is 0 Å². The highest BCUT2D eigenvalue weighted by Crippen LogP contribution is 2.32. The molecule has 1 unspecified atom stereocenters. The van der Waals surface area contributed by atoms with E-state index in [1.807, 2.05) is 0 Å². The van der Waals surface area contributed by atoms with E-state index in [-0.39, 0.29) is 30.9 Å². The maximum Gasteiger partial charge on any atom is 0.247 e. The number of hydrogen-bond donors (Lipinski definition) is 2. The van der Waals surface area contributed by atoms with Gasteiger partial charge in [0.1, 0.15) is 5.54 Å². The van der Waals surface area contributed by atoms with Gasteiger partial charge in [-0.1, -0.05) is 12.8 Å². The summed E-state index contributed by atoms with van der Waals surface area (Å²) in [5.74, 6) is -1.08. The van der Waals surface area contributed by atoms with Crippen molar-refractivity contribution in [2.45, 2.75) is 51.1 Å². The minimum absolute atomic E-state index is 0.0297. The number of benzene rings is 1. The Labute approximate surface area is 176 Å². The average Bonchev–Trinajstić information content (AvgIpc) is 3.14. The van der Waals surface area contributed by atoms with Gasteiger partial charge in [0, 0.05) is 30.9 Å². The highest BCUT2D eigenvalue weighted by atomic mass is 32.2. The number of rotatable bonds is 5. The minimum Gasteiger partial charge on any atom is -0.351 e. The zero-order valence-corrected chi connectivity index (χ0v) is 18.3. The Hall–Kier alpha value is -2.46. The molecule has 2 fully saturated rings. The van der Waals surface area contributed by atoms with Gasteiger partial charge in [0.2, 0.25) is 27.7 Å². The van der Waals surface area contributed by atoms with Gasteiger partial charge in [-0.2, -0.15) is 4.31 Å². The van der Waals surface area contributed by atoms with Crippen LogP contribution in [-0.4, -0.2) is 61.4 Å². The van der Waals surface area contributed by atoms with Gasteiger partial charge < -0.3 is 10.6 Å². The molecule has 0 spiro atoms. The number of anilines is 2. The van der Waals surface area contributed by atoms with Crippen LogP contribution < -0.4 is 15.5 Å². The summed E-state index contributed by atoms with van der Waals surface area (Å²) in [7, 11) is -3.66. The highest BCUT2D eigenvalue weighted by molar-refractivity contribution is 7.88. The molecule has 164 valence electrons. The van der Waals surface area contributed by atoms with Gasteiger partial charge >= 0.3 is 0 Å². The standard InChI is InChI=1S/C20H28N4O5S/c1-14(25)21-16-8-10-17(11-9-16)24-18(26)12-23(30(3,28)29)13-20(24,2)19(27)22-15-6-4-5-7-15/h8-11,15H,4-7,12-13H2,1-3H3,(H,21,25)(H,22,27). The molecule has 2 N–H and O–H groups in total. The maximum atomic E-state index is 13.3. The molecule has 1 aromatic rings. The summed E-state index contributed by atoms with van der Waals surface area (Å²) in [5.41, 5.74) is -0.381. The second kappa shape index (κ2) is 8.35. The first kappa shape index (κ1) is 22.2. The van der Waals surface area contributed by atoms with Crippen molar-refractivity contribution in [1.29, 1.82) is 0 Å². The van der Waals surface area contributed by atoms with Gasteiger partial charge in [0.15, 0.2) is 0 Å². The SMILES string of the molecule is CC(=O)Nc1ccc(N2C(=O)CN(S(C)(=O)=O)CC2(C)C(=O)NC2CCCC2)cc1. The third kappa shape index (κ3) is 4.65. The molecule has 1 atom stereocenters. The van der Waals surface area contributed by atoms with Crippen molar-refractivity contribution in [2.24, 2.45) is 0 Å². The molecule has 1 heterocycles. The van der Waals surface area contributed by atoms with Gasteiger partial charge in [0.05, 0.1) is 12.8 Å². The molecule has 30 heavy (non-hydrogen) atoms. The third-order valence-electron chi connectivity index (χ3n) is 5.63. The Kier molecular flexibility index (Phi) is 6.19. The van der Waals surface area contributed by atoms with Gasteiger partial charge in [-0.3, -0.25) is 19.3 Å². The number of hydrogen-bond acceptors (Lipinski definition) is 5. The van der Waals surface area contributed by atoms with Crippen LogP contribution in [0.25, 0.3) is 0 Å². The summed E-state index contributed by atoms with van der Waals surface area (Å²) in [6.07, 6.45) is 4.84. The Morgan fingerprint density at radius 1 is 1.13 bits per heavy atom. The second-order valence-electron chi connectivity index (χ2n) is 8.22. The molecule has 1 saturated heterocycles. The van der Waals surface area contributed by atoms with E-state index in [1.54, 1.807) is 31.2 Å². The third-order valence-corrected chi connectivity index (χ3v) is 6.83. The number of carbonyl (C=O) groups is 3. The van der Waals surface area contributed by atoms with Crippen molar-refractivity contribution in [2.75, 3.05) is 29.6 Å². The van der Waals surface area contributed by atoms with Crippen molar-refractivity contribution < 1.29 is 22.8 Å². The molecule has 3 rings (SSSR count). The van der Waals surface area contributed by atoms with Gasteiger partial charge in [-0.05, 0) is 44.0 Å². The van der Waals surface area contributed by atoms with Crippen LogP contribution in [0, 0.1) is 0 Å². The van der Waals surface area contributed by atoms with E-state index in [0.29, 0.717) is 11.4 Å². The van der Waals surface area contributed by atoms with E-state index in [0.717, 1.165) is 36.2 Å². The van der Waals surface area contributed by atoms with Crippen LogP contribution >= 0.6 is 0 Å². The first-order valence-corrected chi connectivity index (χ1v) is 11.8. The van der Waals surface area contributed by atoms with Crippen LogP contribution in [0.4, 0.5) is 11.4 Å². The molecule has 0 aromatic heterocycles. The van der Waals surface area contributed by atoms with Crippen molar-refractivity contribution >= 4 is 39.1 Å². The van der Waals surface area contributed by atoms with Gasteiger partial charge in [-0.25, -0.2) is 8.42 Å². The Balaban J connectivity index is 1.96. The predicted molar refractivity (Wildman–Crippen MR) is 113 cm³/mol. The van der Waals surface area contributed by atoms with E-state index >= 15 is 0 Å². The summed E-state index contributed by atoms with van der Waals surface area (Å²) in [6, 6.07) is 6.59. The fraction of sp³-hybridized carbons (Fsp3) is 0.550. The molecule has 1 aromatic carbocycles. The lowest BCUT2D eigenvalue weighted by atomic mass is 9.94. The number of nitrogens with zero attached hydrogens (tertiary/aromatic N) is 2.